The van der Waals surface area contributed by atoms with Crippen molar-refractivity contribution in [3.63, 3.8) is 0 Å². The summed E-state index contributed by atoms with van der Waals surface area (Å²) >= 11 is 9.40. The number of halogens is 1. The van der Waals surface area contributed by atoms with Crippen LogP contribution in [0.1, 0.15) is 41.2 Å². The van der Waals surface area contributed by atoms with Gasteiger partial charge in [-0.3, -0.25) is 4.79 Å². The lowest BCUT2D eigenvalue weighted by Gasteiger charge is -2.40. The summed E-state index contributed by atoms with van der Waals surface area (Å²) in [6, 6.07) is 14.0. The van der Waals surface area contributed by atoms with Crippen LogP contribution in [-0.4, -0.2) is 17.3 Å². The van der Waals surface area contributed by atoms with E-state index >= 15 is 0 Å². The van der Waals surface area contributed by atoms with Crippen molar-refractivity contribution in [3.8, 4) is 11.5 Å². The minimum Gasteiger partial charge on any atom is -0.493 e. The van der Waals surface area contributed by atoms with Crippen LogP contribution in [0.5, 0.6) is 11.5 Å². The van der Waals surface area contributed by atoms with Gasteiger partial charge in [-0.05, 0) is 72.4 Å². The van der Waals surface area contributed by atoms with E-state index in [0.29, 0.717) is 28.5 Å². The number of thiazole rings is 1. The molecule has 2 aromatic carbocycles. The van der Waals surface area contributed by atoms with Gasteiger partial charge >= 0.3 is 4.87 Å². The van der Waals surface area contributed by atoms with Crippen molar-refractivity contribution in [2.45, 2.75) is 42.1 Å². The fourth-order valence-corrected chi connectivity index (χ4v) is 9.11. The lowest BCUT2D eigenvalue weighted by Crippen LogP contribution is -2.33. The molecule has 0 saturated heterocycles. The number of hydrogen-bond acceptors (Lipinski definition) is 5. The summed E-state index contributed by atoms with van der Waals surface area (Å²) in [6.45, 7) is 0.425. The minimum atomic E-state index is 0.0493. The van der Waals surface area contributed by atoms with Crippen LogP contribution in [0.3, 0.4) is 0 Å². The van der Waals surface area contributed by atoms with Gasteiger partial charge in [0.2, 0.25) is 0 Å². The van der Waals surface area contributed by atoms with Crippen LogP contribution in [0.15, 0.2) is 52.3 Å². The number of methoxy groups -OCH3 is 1. The highest BCUT2D eigenvalue weighted by Gasteiger charge is 2.54. The van der Waals surface area contributed by atoms with Crippen LogP contribution in [0.4, 0.5) is 0 Å². The van der Waals surface area contributed by atoms with E-state index in [-0.39, 0.29) is 10.8 Å². The fraction of sp³-hybridized carbons (Fsp3) is 0.400. The van der Waals surface area contributed by atoms with Gasteiger partial charge in [0.1, 0.15) is 6.61 Å². The van der Waals surface area contributed by atoms with Crippen molar-refractivity contribution < 1.29 is 9.47 Å². The number of H-pyrrole nitrogens is 1. The van der Waals surface area contributed by atoms with Crippen LogP contribution >= 0.6 is 34.7 Å². The van der Waals surface area contributed by atoms with Crippen LogP contribution < -0.4 is 14.3 Å². The zero-order chi connectivity index (χ0) is 21.8. The van der Waals surface area contributed by atoms with Crippen molar-refractivity contribution in [2.24, 2.45) is 17.8 Å². The van der Waals surface area contributed by atoms with Gasteiger partial charge in [-0.1, -0.05) is 41.1 Å². The molecule has 2 heterocycles. The number of aromatic amines is 1. The molecule has 2 bridgehead atoms. The first-order valence-electron chi connectivity index (χ1n) is 11.1. The zero-order valence-corrected chi connectivity index (χ0v) is 20.1. The van der Waals surface area contributed by atoms with Crippen molar-refractivity contribution in [1.29, 1.82) is 0 Å². The number of rotatable bonds is 5. The summed E-state index contributed by atoms with van der Waals surface area (Å²) in [6.07, 6.45) is 3.97. The molecule has 2 fully saturated rings. The molecular weight excluding hydrogens is 462 g/mol. The Morgan fingerprint density at radius 2 is 2.00 bits per heavy atom. The number of benzene rings is 2. The third kappa shape index (κ3) is 3.47. The third-order valence-electron chi connectivity index (χ3n) is 7.30. The predicted octanol–water partition coefficient (Wildman–Crippen LogP) is 6.33. The highest BCUT2D eigenvalue weighted by atomic mass is 35.5. The predicted molar refractivity (Wildman–Crippen MR) is 130 cm³/mol. The second kappa shape index (κ2) is 8.15. The molecule has 7 heteroatoms. The van der Waals surface area contributed by atoms with E-state index in [2.05, 4.69) is 17.1 Å². The molecule has 5 atom stereocenters. The van der Waals surface area contributed by atoms with Gasteiger partial charge in [0.15, 0.2) is 11.5 Å². The highest BCUT2D eigenvalue weighted by molar-refractivity contribution is 8.00. The summed E-state index contributed by atoms with van der Waals surface area (Å²) in [5, 5.41) is 2.38. The number of ether oxygens (including phenoxy) is 2. The van der Waals surface area contributed by atoms with Crippen LogP contribution in [0, 0.1) is 17.8 Å². The van der Waals surface area contributed by atoms with Gasteiger partial charge in [-0.15, -0.1) is 11.8 Å². The summed E-state index contributed by atoms with van der Waals surface area (Å²) in [7, 11) is 1.68. The van der Waals surface area contributed by atoms with Gasteiger partial charge in [-0.25, -0.2) is 0 Å². The molecule has 2 saturated carbocycles. The molecule has 0 unspecified atom stereocenters. The monoisotopic (exact) mass is 485 g/mol. The maximum atomic E-state index is 12.2. The largest absolute Gasteiger partial charge is 0.493 e. The smallest absolute Gasteiger partial charge is 0.305 e. The quantitative estimate of drug-likeness (QED) is 0.458. The maximum Gasteiger partial charge on any atom is 0.305 e. The Morgan fingerprint density at radius 1 is 1.12 bits per heavy atom. The minimum absolute atomic E-state index is 0.0493. The molecule has 3 aliphatic rings. The standard InChI is InChI=1S/C25H24ClNO3S2/c1-29-19-11-15(7-8-18(19)30-12-13-3-2-4-17(26)9-13)21-20-14-5-6-16(10-14)22(20)31-24-23(21)32-25(28)27-24/h2-4,7-9,11,14,16,20-22H,5-6,10,12H2,1H3,(H,27,28)/t14-,16-,20-,21-,22-/m1/s1. The fourth-order valence-electron chi connectivity index (χ4n) is 6.01. The summed E-state index contributed by atoms with van der Waals surface area (Å²) < 4.78 is 11.8. The lowest BCUT2D eigenvalue weighted by atomic mass is 9.75. The SMILES string of the molecule is COc1cc([C@H]2c3sc(=O)[nH]c3S[C@@H]3[C@@H]4CC[C@H](C4)[C@H]23)ccc1OCc1cccc(Cl)c1. The second-order valence-corrected chi connectivity index (χ2v) is 11.6. The van der Waals surface area contributed by atoms with E-state index in [1.54, 1.807) is 7.11 Å². The first-order chi connectivity index (χ1) is 15.6. The number of hydrogen-bond donors (Lipinski definition) is 1. The number of aromatic nitrogens is 1. The van der Waals surface area contributed by atoms with Gasteiger partial charge < -0.3 is 14.5 Å². The Hall–Kier alpha value is -1.89. The first kappa shape index (κ1) is 20.7. The normalized spacial score (nSPS) is 27.8. The summed E-state index contributed by atoms with van der Waals surface area (Å²) in [5.74, 6) is 3.79. The molecule has 166 valence electrons. The Kier molecular flexibility index (Phi) is 5.27. The Bertz CT molecular complexity index is 1220. The van der Waals surface area contributed by atoms with Crippen molar-refractivity contribution in [2.75, 3.05) is 7.11 Å². The van der Waals surface area contributed by atoms with E-state index in [1.807, 2.05) is 42.1 Å². The van der Waals surface area contributed by atoms with Gasteiger partial charge in [-0.2, -0.15) is 0 Å². The molecule has 0 radical (unpaired) electrons. The Labute approximate surface area is 200 Å². The van der Waals surface area contributed by atoms with Gasteiger partial charge in [0, 0.05) is 21.1 Å². The third-order valence-corrected chi connectivity index (χ3v) is 10.2. The topological polar surface area (TPSA) is 51.3 Å². The number of thioether (sulfide) groups is 1. The van der Waals surface area contributed by atoms with Crippen molar-refractivity contribution >= 4 is 34.7 Å². The average molecular weight is 486 g/mol. The van der Waals surface area contributed by atoms with E-state index in [4.69, 9.17) is 21.1 Å². The van der Waals surface area contributed by atoms with E-state index in [0.717, 1.165) is 28.2 Å². The molecule has 1 aliphatic heterocycles. The van der Waals surface area contributed by atoms with Crippen LogP contribution in [0.2, 0.25) is 5.02 Å². The maximum absolute atomic E-state index is 12.2. The van der Waals surface area contributed by atoms with Crippen molar-refractivity contribution in [1.82, 2.24) is 4.98 Å². The zero-order valence-electron chi connectivity index (χ0n) is 17.7. The Morgan fingerprint density at radius 3 is 2.84 bits per heavy atom. The summed E-state index contributed by atoms with van der Waals surface area (Å²) in [4.78, 5) is 16.6. The molecule has 4 nitrogen and oxygen atoms in total. The molecule has 1 aromatic heterocycles. The van der Waals surface area contributed by atoms with Gasteiger partial charge in [0.05, 0.1) is 12.1 Å². The Balaban J connectivity index is 1.34. The van der Waals surface area contributed by atoms with Crippen molar-refractivity contribution in [3.05, 3.63) is 73.2 Å². The summed E-state index contributed by atoms with van der Waals surface area (Å²) in [5.41, 5.74) is 2.23. The molecule has 2 aliphatic carbocycles. The van der Waals surface area contributed by atoms with E-state index in [9.17, 15) is 4.79 Å². The van der Waals surface area contributed by atoms with Gasteiger partial charge in [0.25, 0.3) is 0 Å². The molecular formula is C25H24ClNO3S2. The average Bonchev–Trinajstić information content (AvgIpc) is 3.50. The lowest BCUT2D eigenvalue weighted by molar-refractivity contribution is 0.282. The highest BCUT2D eigenvalue weighted by Crippen LogP contribution is 2.63. The molecule has 1 N–H and O–H groups in total. The molecule has 6 rings (SSSR count). The molecule has 32 heavy (non-hydrogen) atoms. The van der Waals surface area contributed by atoms with E-state index in [1.165, 1.54) is 41.0 Å². The molecule has 0 amide bonds. The number of fused-ring (bicyclic) bond motifs is 6. The molecule has 3 aromatic rings. The van der Waals surface area contributed by atoms with Crippen LogP contribution in [0.25, 0.3) is 0 Å². The van der Waals surface area contributed by atoms with Crippen LogP contribution in [-0.2, 0) is 6.61 Å². The first-order valence-corrected chi connectivity index (χ1v) is 13.1. The second-order valence-electron chi connectivity index (χ2n) is 9.01. The molecule has 0 spiro atoms. The number of nitrogens with one attached hydrogen (secondary N) is 1. The van der Waals surface area contributed by atoms with E-state index < -0.39 is 0 Å².